The van der Waals surface area contributed by atoms with Crippen molar-refractivity contribution < 1.29 is 13.9 Å². The molecule has 0 radical (unpaired) electrons. The van der Waals surface area contributed by atoms with Gasteiger partial charge in [-0.2, -0.15) is 0 Å². The van der Waals surface area contributed by atoms with E-state index in [0.29, 0.717) is 31.0 Å². The zero-order chi connectivity index (χ0) is 17.5. The Bertz CT molecular complexity index is 676. The van der Waals surface area contributed by atoms with E-state index in [4.69, 9.17) is 9.47 Å². The van der Waals surface area contributed by atoms with Gasteiger partial charge in [-0.25, -0.2) is 4.39 Å². The maximum Gasteiger partial charge on any atom is 0.175 e. The van der Waals surface area contributed by atoms with Crippen molar-refractivity contribution in [3.05, 3.63) is 57.8 Å². The van der Waals surface area contributed by atoms with E-state index in [-0.39, 0.29) is 11.9 Å². The Labute approximate surface area is 151 Å². The normalized spacial score (nSPS) is 10.9. The Balaban J connectivity index is 1.95. The van der Waals surface area contributed by atoms with Crippen LogP contribution in [0, 0.1) is 5.82 Å². The van der Waals surface area contributed by atoms with E-state index in [1.165, 1.54) is 6.07 Å². The lowest BCUT2D eigenvalue weighted by Crippen LogP contribution is -2.17. The smallest absolute Gasteiger partial charge is 0.175 e. The van der Waals surface area contributed by atoms with Gasteiger partial charge in [-0.3, -0.25) is 0 Å². The summed E-state index contributed by atoms with van der Waals surface area (Å²) in [6.45, 7) is 5.32. The molecule has 2 aromatic rings. The van der Waals surface area contributed by atoms with Gasteiger partial charge in [-0.05, 0) is 72.1 Å². The summed E-state index contributed by atoms with van der Waals surface area (Å²) >= 11 is 3.54. The highest BCUT2D eigenvalue weighted by Gasteiger charge is 2.13. The molecule has 0 heterocycles. The topological polar surface area (TPSA) is 30.5 Å². The average molecular weight is 396 g/mol. The predicted octanol–water partition coefficient (Wildman–Crippen LogP) is 4.72. The van der Waals surface area contributed by atoms with Gasteiger partial charge in [0, 0.05) is 6.54 Å². The number of benzene rings is 2. The molecule has 0 spiro atoms. The van der Waals surface area contributed by atoms with Crippen molar-refractivity contribution in [2.45, 2.75) is 32.9 Å². The molecule has 0 aliphatic rings. The number of methoxy groups -OCH3 is 1. The Hall–Kier alpha value is -1.59. The van der Waals surface area contributed by atoms with Gasteiger partial charge in [0.05, 0.1) is 17.7 Å². The van der Waals surface area contributed by atoms with Gasteiger partial charge < -0.3 is 14.8 Å². The minimum Gasteiger partial charge on any atom is -0.493 e. The number of ether oxygens (including phenoxy) is 2. The molecule has 2 aromatic carbocycles. The Morgan fingerprint density at radius 3 is 2.62 bits per heavy atom. The molecule has 24 heavy (non-hydrogen) atoms. The first kappa shape index (κ1) is 18.7. The van der Waals surface area contributed by atoms with E-state index >= 15 is 0 Å². The summed E-state index contributed by atoms with van der Waals surface area (Å²) in [6.07, 6.45) is 0.722. The van der Waals surface area contributed by atoms with Gasteiger partial charge in [0.25, 0.3) is 0 Å². The molecule has 3 nitrogen and oxygen atoms in total. The average Bonchev–Trinajstić information content (AvgIpc) is 2.55. The monoisotopic (exact) mass is 395 g/mol. The second kappa shape index (κ2) is 9.04. The molecule has 0 amide bonds. The molecule has 0 saturated carbocycles. The van der Waals surface area contributed by atoms with Gasteiger partial charge in [-0.15, -0.1) is 0 Å². The first-order valence-electron chi connectivity index (χ1n) is 7.98. The summed E-state index contributed by atoms with van der Waals surface area (Å²) in [5, 5.41) is 3.33. The summed E-state index contributed by atoms with van der Waals surface area (Å²) in [6, 6.07) is 10.8. The molecule has 0 bridgehead atoms. The zero-order valence-electron chi connectivity index (χ0n) is 14.2. The van der Waals surface area contributed by atoms with Crippen LogP contribution in [0.4, 0.5) is 4.39 Å². The molecule has 0 saturated heterocycles. The third-order valence-corrected chi connectivity index (χ3v) is 4.09. The summed E-state index contributed by atoms with van der Waals surface area (Å²) in [7, 11) is 1.63. The summed E-state index contributed by atoms with van der Waals surface area (Å²) in [5.74, 6) is 1.26. The molecule has 0 fully saturated rings. The summed E-state index contributed by atoms with van der Waals surface area (Å²) in [4.78, 5) is 0. The van der Waals surface area contributed by atoms with Crippen LogP contribution in [-0.4, -0.2) is 19.8 Å². The van der Waals surface area contributed by atoms with Crippen molar-refractivity contribution in [2.24, 2.45) is 0 Å². The molecule has 1 N–H and O–H groups in total. The SMILES string of the molecule is COc1cc(CNCCc2ccccc2F)cc(Br)c1OC(C)C. The highest BCUT2D eigenvalue weighted by atomic mass is 79.9. The van der Waals surface area contributed by atoms with Crippen molar-refractivity contribution in [3.63, 3.8) is 0 Å². The number of rotatable bonds is 8. The van der Waals surface area contributed by atoms with Crippen molar-refractivity contribution in [3.8, 4) is 11.5 Å². The number of hydrogen-bond donors (Lipinski definition) is 1. The third-order valence-electron chi connectivity index (χ3n) is 3.50. The van der Waals surface area contributed by atoms with Gasteiger partial charge in [0.1, 0.15) is 5.82 Å². The van der Waals surface area contributed by atoms with E-state index in [9.17, 15) is 4.39 Å². The molecule has 0 aliphatic heterocycles. The van der Waals surface area contributed by atoms with Crippen LogP contribution in [0.5, 0.6) is 11.5 Å². The van der Waals surface area contributed by atoms with Crippen LogP contribution in [0.3, 0.4) is 0 Å². The maximum absolute atomic E-state index is 13.6. The van der Waals surface area contributed by atoms with Crippen LogP contribution in [-0.2, 0) is 13.0 Å². The lowest BCUT2D eigenvalue weighted by molar-refractivity contribution is 0.228. The molecule has 0 unspecified atom stereocenters. The van der Waals surface area contributed by atoms with E-state index in [2.05, 4.69) is 21.2 Å². The fourth-order valence-corrected chi connectivity index (χ4v) is 2.97. The first-order chi connectivity index (χ1) is 11.5. The minimum atomic E-state index is -0.154. The van der Waals surface area contributed by atoms with Crippen LogP contribution in [0.25, 0.3) is 0 Å². The van der Waals surface area contributed by atoms with E-state index in [1.807, 2.05) is 38.1 Å². The Kier molecular flexibility index (Phi) is 7.06. The lowest BCUT2D eigenvalue weighted by atomic mass is 10.1. The van der Waals surface area contributed by atoms with Crippen molar-refractivity contribution >= 4 is 15.9 Å². The van der Waals surface area contributed by atoms with Gasteiger partial charge in [0.2, 0.25) is 0 Å². The van der Waals surface area contributed by atoms with E-state index in [0.717, 1.165) is 15.6 Å². The summed E-state index contributed by atoms with van der Waals surface area (Å²) < 4.78 is 25.6. The second-order valence-corrected chi connectivity index (χ2v) is 6.65. The quantitative estimate of drug-likeness (QED) is 0.656. The molecule has 0 atom stereocenters. The largest absolute Gasteiger partial charge is 0.493 e. The highest BCUT2D eigenvalue weighted by molar-refractivity contribution is 9.10. The fraction of sp³-hybridized carbons (Fsp3) is 0.368. The van der Waals surface area contributed by atoms with Crippen LogP contribution in [0.15, 0.2) is 40.9 Å². The van der Waals surface area contributed by atoms with Crippen LogP contribution < -0.4 is 14.8 Å². The number of hydrogen-bond acceptors (Lipinski definition) is 3. The van der Waals surface area contributed by atoms with Gasteiger partial charge >= 0.3 is 0 Å². The molecular weight excluding hydrogens is 373 g/mol. The summed E-state index contributed by atoms with van der Waals surface area (Å²) in [5.41, 5.74) is 1.80. The molecule has 2 rings (SSSR count). The maximum atomic E-state index is 13.6. The van der Waals surface area contributed by atoms with Gasteiger partial charge in [-0.1, -0.05) is 18.2 Å². The molecule has 5 heteroatoms. The highest BCUT2D eigenvalue weighted by Crippen LogP contribution is 2.37. The van der Waals surface area contributed by atoms with Crippen molar-refractivity contribution in [1.29, 1.82) is 0 Å². The fourth-order valence-electron chi connectivity index (χ4n) is 2.38. The van der Waals surface area contributed by atoms with Crippen molar-refractivity contribution in [2.75, 3.05) is 13.7 Å². The van der Waals surface area contributed by atoms with Crippen molar-refractivity contribution in [1.82, 2.24) is 5.32 Å². The lowest BCUT2D eigenvalue weighted by Gasteiger charge is -2.16. The predicted molar refractivity (Wildman–Crippen MR) is 98.3 cm³/mol. The molecular formula is C19H23BrFNO2. The minimum absolute atomic E-state index is 0.0694. The number of nitrogens with one attached hydrogen (secondary N) is 1. The first-order valence-corrected chi connectivity index (χ1v) is 8.77. The molecule has 130 valence electrons. The van der Waals surface area contributed by atoms with Gasteiger partial charge in [0.15, 0.2) is 11.5 Å². The second-order valence-electron chi connectivity index (χ2n) is 5.79. The third kappa shape index (κ3) is 5.21. The van der Waals surface area contributed by atoms with Crippen LogP contribution in [0.2, 0.25) is 0 Å². The molecule has 0 aromatic heterocycles. The standard InChI is InChI=1S/C19H23BrFNO2/c1-13(2)24-19-16(20)10-14(11-18(19)23-3)12-22-9-8-15-6-4-5-7-17(15)21/h4-7,10-11,13,22H,8-9,12H2,1-3H3. The van der Waals surface area contributed by atoms with Crippen LogP contribution in [0.1, 0.15) is 25.0 Å². The van der Waals surface area contributed by atoms with Crippen LogP contribution >= 0.6 is 15.9 Å². The Morgan fingerprint density at radius 2 is 1.96 bits per heavy atom. The molecule has 0 aliphatic carbocycles. The number of halogens is 2. The van der Waals surface area contributed by atoms with E-state index in [1.54, 1.807) is 13.2 Å². The zero-order valence-corrected chi connectivity index (χ0v) is 15.8. The Morgan fingerprint density at radius 1 is 1.21 bits per heavy atom. The van der Waals surface area contributed by atoms with E-state index < -0.39 is 0 Å².